The molecule has 2 aromatic rings. The van der Waals surface area contributed by atoms with Crippen LogP contribution in [-0.4, -0.2) is 38.1 Å². The summed E-state index contributed by atoms with van der Waals surface area (Å²) in [5.74, 6) is 1.24. The SMILES string of the molecule is CC1CCN(C(=O)c2ccn(-c3cccc([N+](=O)[O-])c3)n2)C2CCCCC12. The Bertz CT molecular complexity index is 862. The Labute approximate surface area is 158 Å². The van der Waals surface area contributed by atoms with Gasteiger partial charge in [0.05, 0.1) is 10.6 Å². The van der Waals surface area contributed by atoms with Crippen LogP contribution in [0.25, 0.3) is 5.69 Å². The predicted molar refractivity (Wildman–Crippen MR) is 101 cm³/mol. The molecule has 27 heavy (non-hydrogen) atoms. The highest BCUT2D eigenvalue weighted by atomic mass is 16.6. The molecular formula is C20H24N4O3. The summed E-state index contributed by atoms with van der Waals surface area (Å²) >= 11 is 0. The van der Waals surface area contributed by atoms with Crippen LogP contribution in [0, 0.1) is 22.0 Å². The quantitative estimate of drug-likeness (QED) is 0.609. The Kier molecular flexibility index (Phi) is 4.68. The fraction of sp³-hybridized carbons (Fsp3) is 0.500. The zero-order chi connectivity index (χ0) is 19.0. The first kappa shape index (κ1) is 17.7. The van der Waals surface area contributed by atoms with Crippen molar-refractivity contribution in [1.29, 1.82) is 0 Å². The lowest BCUT2D eigenvalue weighted by atomic mass is 9.72. The van der Waals surface area contributed by atoms with E-state index in [9.17, 15) is 14.9 Å². The van der Waals surface area contributed by atoms with Gasteiger partial charge in [-0.15, -0.1) is 0 Å². The van der Waals surface area contributed by atoms with Gasteiger partial charge in [-0.25, -0.2) is 4.68 Å². The highest BCUT2D eigenvalue weighted by Crippen LogP contribution is 2.39. The minimum absolute atomic E-state index is 0.00550. The van der Waals surface area contributed by atoms with E-state index < -0.39 is 4.92 Å². The van der Waals surface area contributed by atoms with Crippen LogP contribution in [0.5, 0.6) is 0 Å². The van der Waals surface area contributed by atoms with Gasteiger partial charge in [0, 0.05) is 30.9 Å². The number of rotatable bonds is 3. The standard InChI is InChI=1S/C20H24N4O3/c1-14-9-11-22(19-8-3-2-7-17(14)19)20(25)18-10-12-23(21-18)15-5-4-6-16(13-15)24(26)27/h4-6,10,12-14,17,19H,2-3,7-9,11H2,1H3. The molecule has 2 heterocycles. The van der Waals surface area contributed by atoms with Crippen LogP contribution in [0.2, 0.25) is 0 Å². The lowest BCUT2D eigenvalue weighted by molar-refractivity contribution is -0.384. The van der Waals surface area contributed by atoms with Crippen molar-refractivity contribution in [3.8, 4) is 5.69 Å². The van der Waals surface area contributed by atoms with Crippen molar-refractivity contribution < 1.29 is 9.72 Å². The molecule has 1 saturated carbocycles. The average molecular weight is 368 g/mol. The van der Waals surface area contributed by atoms with E-state index in [1.807, 2.05) is 4.90 Å². The number of benzene rings is 1. The summed E-state index contributed by atoms with van der Waals surface area (Å²) in [7, 11) is 0. The molecule has 0 bridgehead atoms. The van der Waals surface area contributed by atoms with Crippen LogP contribution < -0.4 is 0 Å². The summed E-state index contributed by atoms with van der Waals surface area (Å²) < 4.78 is 1.53. The molecule has 1 aromatic heterocycles. The first-order chi connectivity index (χ1) is 13.0. The molecule has 1 amide bonds. The molecular weight excluding hydrogens is 344 g/mol. The number of nitrogens with zero attached hydrogens (tertiary/aromatic N) is 4. The molecule has 3 atom stereocenters. The van der Waals surface area contributed by atoms with Crippen molar-refractivity contribution in [2.75, 3.05) is 6.54 Å². The van der Waals surface area contributed by atoms with Crippen molar-refractivity contribution in [2.45, 2.75) is 45.1 Å². The number of nitro groups is 1. The van der Waals surface area contributed by atoms with E-state index in [1.54, 1.807) is 24.4 Å². The van der Waals surface area contributed by atoms with Gasteiger partial charge in [0.1, 0.15) is 0 Å². The van der Waals surface area contributed by atoms with E-state index in [1.165, 1.54) is 36.1 Å². The Balaban J connectivity index is 1.57. The number of fused-ring (bicyclic) bond motifs is 1. The lowest BCUT2D eigenvalue weighted by Crippen LogP contribution is -2.52. The molecule has 1 saturated heterocycles. The number of hydrogen-bond donors (Lipinski definition) is 0. The number of likely N-dealkylation sites (tertiary alicyclic amines) is 1. The summed E-state index contributed by atoms with van der Waals surface area (Å²) in [4.78, 5) is 25.7. The molecule has 7 heteroatoms. The van der Waals surface area contributed by atoms with Crippen LogP contribution in [0.3, 0.4) is 0 Å². The first-order valence-electron chi connectivity index (χ1n) is 9.66. The zero-order valence-electron chi connectivity index (χ0n) is 15.5. The van der Waals surface area contributed by atoms with E-state index in [2.05, 4.69) is 12.0 Å². The Morgan fingerprint density at radius 3 is 2.85 bits per heavy atom. The predicted octanol–water partition coefficient (Wildman–Crippen LogP) is 3.82. The van der Waals surface area contributed by atoms with Gasteiger partial charge in [-0.2, -0.15) is 5.10 Å². The van der Waals surface area contributed by atoms with Crippen molar-refractivity contribution >= 4 is 11.6 Å². The molecule has 0 radical (unpaired) electrons. The van der Waals surface area contributed by atoms with Crippen LogP contribution in [0.1, 0.15) is 49.5 Å². The molecule has 2 fully saturated rings. The Hall–Kier alpha value is -2.70. The van der Waals surface area contributed by atoms with Gasteiger partial charge in [-0.3, -0.25) is 14.9 Å². The fourth-order valence-electron chi connectivity index (χ4n) is 4.64. The molecule has 0 spiro atoms. The summed E-state index contributed by atoms with van der Waals surface area (Å²) in [6, 6.07) is 8.29. The molecule has 1 aliphatic heterocycles. The van der Waals surface area contributed by atoms with Crippen LogP contribution >= 0.6 is 0 Å². The van der Waals surface area contributed by atoms with Gasteiger partial charge in [0.25, 0.3) is 11.6 Å². The third kappa shape index (κ3) is 3.34. The molecule has 142 valence electrons. The number of aromatic nitrogens is 2. The summed E-state index contributed by atoms with van der Waals surface area (Å²) in [5.41, 5.74) is 0.984. The van der Waals surface area contributed by atoms with Crippen molar-refractivity contribution in [3.05, 3.63) is 52.3 Å². The summed E-state index contributed by atoms with van der Waals surface area (Å²) in [6.45, 7) is 3.09. The molecule has 0 N–H and O–H groups in total. The fourth-order valence-corrected chi connectivity index (χ4v) is 4.64. The molecule has 7 nitrogen and oxygen atoms in total. The van der Waals surface area contributed by atoms with Crippen molar-refractivity contribution in [1.82, 2.24) is 14.7 Å². The number of hydrogen-bond acceptors (Lipinski definition) is 4. The molecule has 1 aliphatic carbocycles. The maximum Gasteiger partial charge on any atom is 0.274 e. The maximum atomic E-state index is 13.1. The third-order valence-corrected chi connectivity index (χ3v) is 6.11. The second kappa shape index (κ2) is 7.13. The van der Waals surface area contributed by atoms with Crippen molar-refractivity contribution in [3.63, 3.8) is 0 Å². The normalized spacial score (nSPS) is 25.1. The minimum atomic E-state index is -0.433. The second-order valence-corrected chi connectivity index (χ2v) is 7.70. The summed E-state index contributed by atoms with van der Waals surface area (Å²) in [5, 5.41) is 15.4. The van der Waals surface area contributed by atoms with Crippen LogP contribution in [0.4, 0.5) is 5.69 Å². The maximum absolute atomic E-state index is 13.1. The van der Waals surface area contributed by atoms with Gasteiger partial charge in [-0.05, 0) is 43.2 Å². The van der Waals surface area contributed by atoms with E-state index in [0.717, 1.165) is 19.4 Å². The topological polar surface area (TPSA) is 81.3 Å². The Morgan fingerprint density at radius 2 is 2.04 bits per heavy atom. The number of carbonyl (C=O) groups is 1. The van der Waals surface area contributed by atoms with Gasteiger partial charge >= 0.3 is 0 Å². The van der Waals surface area contributed by atoms with Crippen LogP contribution in [-0.2, 0) is 0 Å². The van der Waals surface area contributed by atoms with E-state index in [-0.39, 0.29) is 11.6 Å². The van der Waals surface area contributed by atoms with Gasteiger partial charge in [-0.1, -0.05) is 25.8 Å². The van der Waals surface area contributed by atoms with Gasteiger partial charge in [0.2, 0.25) is 0 Å². The minimum Gasteiger partial charge on any atom is -0.334 e. The lowest BCUT2D eigenvalue weighted by Gasteiger charge is -2.47. The second-order valence-electron chi connectivity index (χ2n) is 7.70. The van der Waals surface area contributed by atoms with E-state index >= 15 is 0 Å². The van der Waals surface area contributed by atoms with Gasteiger partial charge < -0.3 is 4.90 Å². The van der Waals surface area contributed by atoms with E-state index in [4.69, 9.17) is 0 Å². The number of non-ortho nitro benzene ring substituents is 1. The molecule has 4 rings (SSSR count). The highest BCUT2D eigenvalue weighted by Gasteiger charge is 2.40. The van der Waals surface area contributed by atoms with Gasteiger partial charge in [0.15, 0.2) is 5.69 Å². The largest absolute Gasteiger partial charge is 0.334 e. The van der Waals surface area contributed by atoms with Crippen LogP contribution in [0.15, 0.2) is 36.5 Å². The first-order valence-corrected chi connectivity index (χ1v) is 9.66. The molecule has 3 unspecified atom stereocenters. The smallest absolute Gasteiger partial charge is 0.274 e. The Morgan fingerprint density at radius 1 is 1.22 bits per heavy atom. The number of carbonyl (C=O) groups excluding carboxylic acids is 1. The van der Waals surface area contributed by atoms with E-state index in [0.29, 0.717) is 29.3 Å². The third-order valence-electron chi connectivity index (χ3n) is 6.11. The van der Waals surface area contributed by atoms with Crippen molar-refractivity contribution in [2.24, 2.45) is 11.8 Å². The number of amides is 1. The average Bonchev–Trinajstić information content (AvgIpc) is 3.18. The molecule has 1 aromatic carbocycles. The monoisotopic (exact) mass is 368 g/mol. The highest BCUT2D eigenvalue weighted by molar-refractivity contribution is 5.92. The molecule has 2 aliphatic rings. The number of piperidine rings is 1. The summed E-state index contributed by atoms with van der Waals surface area (Å²) in [6.07, 6.45) is 7.45. The zero-order valence-corrected chi connectivity index (χ0v) is 15.5. The number of nitro benzene ring substituents is 1.